The van der Waals surface area contributed by atoms with E-state index in [1.807, 2.05) is 0 Å². The fourth-order valence-electron chi connectivity index (χ4n) is 2.68. The summed E-state index contributed by atoms with van der Waals surface area (Å²) in [6.07, 6.45) is 3.03. The van der Waals surface area contributed by atoms with Crippen molar-refractivity contribution in [2.45, 2.75) is 33.1 Å². The van der Waals surface area contributed by atoms with Gasteiger partial charge >= 0.3 is 0 Å². The molecule has 0 aliphatic heterocycles. The third-order valence-electron chi connectivity index (χ3n) is 3.86. The van der Waals surface area contributed by atoms with Crippen molar-refractivity contribution in [2.24, 2.45) is 11.3 Å². The molecule has 1 atom stereocenters. The molecule has 3 nitrogen and oxygen atoms in total. The molecule has 19 heavy (non-hydrogen) atoms. The minimum Gasteiger partial charge on any atom is -0.505 e. The Morgan fingerprint density at radius 3 is 2.42 bits per heavy atom. The molecule has 1 unspecified atom stereocenters. The van der Waals surface area contributed by atoms with Gasteiger partial charge in [-0.3, -0.25) is 4.79 Å². The molecule has 2 N–H and O–H groups in total. The van der Waals surface area contributed by atoms with E-state index >= 15 is 0 Å². The van der Waals surface area contributed by atoms with E-state index in [9.17, 15) is 9.90 Å². The fourth-order valence-corrected chi connectivity index (χ4v) is 3.17. The van der Waals surface area contributed by atoms with Crippen molar-refractivity contribution in [1.82, 2.24) is 0 Å². The maximum atomic E-state index is 12.3. The molecule has 1 fully saturated rings. The summed E-state index contributed by atoms with van der Waals surface area (Å²) in [5.74, 6) is -0.179. The van der Waals surface area contributed by atoms with Crippen molar-refractivity contribution in [3.05, 3.63) is 22.2 Å². The zero-order chi connectivity index (χ0) is 14.2. The average Bonchev–Trinajstić information content (AvgIpc) is 2.65. The van der Waals surface area contributed by atoms with E-state index in [0.29, 0.717) is 5.69 Å². The molecule has 104 valence electrons. The first-order valence-corrected chi connectivity index (χ1v) is 7.06. The number of halogens is 2. The second-order valence-corrected chi connectivity index (χ2v) is 6.53. The van der Waals surface area contributed by atoms with Crippen molar-refractivity contribution in [2.75, 3.05) is 5.32 Å². The Hall–Kier alpha value is -0.930. The molecule has 1 amide bonds. The SMILES string of the molecule is CC1(C)CCCC1C(=O)Nc1cc(Cl)c(O)c(Cl)c1. The Labute approximate surface area is 122 Å². The molecule has 5 heteroatoms. The summed E-state index contributed by atoms with van der Waals surface area (Å²) >= 11 is 11.7. The van der Waals surface area contributed by atoms with E-state index in [4.69, 9.17) is 23.2 Å². The molecular weight excluding hydrogens is 285 g/mol. The van der Waals surface area contributed by atoms with Crippen molar-refractivity contribution in [1.29, 1.82) is 0 Å². The van der Waals surface area contributed by atoms with Gasteiger partial charge in [-0.05, 0) is 30.4 Å². The Morgan fingerprint density at radius 1 is 1.37 bits per heavy atom. The Bertz CT molecular complexity index is 491. The highest BCUT2D eigenvalue weighted by atomic mass is 35.5. The van der Waals surface area contributed by atoms with Crippen LogP contribution in [0, 0.1) is 11.3 Å². The standard InChI is InChI=1S/C14H17Cl2NO2/c1-14(2)5-3-4-9(14)13(19)17-8-6-10(15)12(18)11(16)7-8/h6-7,9,18H,3-5H2,1-2H3,(H,17,19). The number of carbonyl (C=O) groups is 1. The third-order valence-corrected chi connectivity index (χ3v) is 4.43. The van der Waals surface area contributed by atoms with E-state index < -0.39 is 0 Å². The van der Waals surface area contributed by atoms with Gasteiger partial charge in [-0.1, -0.05) is 43.5 Å². The summed E-state index contributed by atoms with van der Waals surface area (Å²) in [4.78, 5) is 12.3. The van der Waals surface area contributed by atoms with Crippen LogP contribution in [0.15, 0.2) is 12.1 Å². The summed E-state index contributed by atoms with van der Waals surface area (Å²) in [7, 11) is 0. The topological polar surface area (TPSA) is 49.3 Å². The van der Waals surface area contributed by atoms with E-state index in [1.165, 1.54) is 12.1 Å². The smallest absolute Gasteiger partial charge is 0.228 e. The predicted octanol–water partition coefficient (Wildman–Crippen LogP) is 4.46. The number of aromatic hydroxyl groups is 1. The summed E-state index contributed by atoms with van der Waals surface area (Å²) in [5.41, 5.74) is 0.537. The predicted molar refractivity (Wildman–Crippen MR) is 77.9 cm³/mol. The van der Waals surface area contributed by atoms with Crippen LogP contribution >= 0.6 is 23.2 Å². The molecule has 0 aromatic heterocycles. The molecule has 1 aliphatic carbocycles. The van der Waals surface area contributed by atoms with Gasteiger partial charge in [0.05, 0.1) is 10.0 Å². The van der Waals surface area contributed by atoms with Crippen LogP contribution < -0.4 is 5.32 Å². The largest absolute Gasteiger partial charge is 0.505 e. The normalized spacial score (nSPS) is 21.4. The van der Waals surface area contributed by atoms with Gasteiger partial charge in [0.25, 0.3) is 0 Å². The van der Waals surface area contributed by atoms with Crippen molar-refractivity contribution >= 4 is 34.8 Å². The highest BCUT2D eigenvalue weighted by Gasteiger charge is 2.39. The Kier molecular flexibility index (Phi) is 3.98. The Balaban J connectivity index is 2.16. The van der Waals surface area contributed by atoms with Crippen LogP contribution in [0.2, 0.25) is 10.0 Å². The maximum absolute atomic E-state index is 12.3. The van der Waals surface area contributed by atoms with Gasteiger partial charge in [-0.15, -0.1) is 0 Å². The van der Waals surface area contributed by atoms with Crippen LogP contribution in [0.25, 0.3) is 0 Å². The van der Waals surface area contributed by atoms with Crippen LogP contribution in [-0.4, -0.2) is 11.0 Å². The molecule has 1 aliphatic rings. The van der Waals surface area contributed by atoms with E-state index in [0.717, 1.165) is 19.3 Å². The van der Waals surface area contributed by atoms with E-state index in [-0.39, 0.29) is 33.0 Å². The number of amides is 1. The number of hydrogen-bond donors (Lipinski definition) is 2. The third kappa shape index (κ3) is 2.98. The number of benzene rings is 1. The van der Waals surface area contributed by atoms with Gasteiger partial charge in [0.15, 0.2) is 5.75 Å². The van der Waals surface area contributed by atoms with Crippen LogP contribution in [-0.2, 0) is 4.79 Å². The van der Waals surface area contributed by atoms with Crippen LogP contribution in [0.1, 0.15) is 33.1 Å². The fraction of sp³-hybridized carbons (Fsp3) is 0.500. The minimum absolute atomic E-state index is 0.00106. The zero-order valence-corrected chi connectivity index (χ0v) is 12.5. The second-order valence-electron chi connectivity index (χ2n) is 5.71. The number of carbonyl (C=O) groups excluding carboxylic acids is 1. The Morgan fingerprint density at radius 2 is 1.95 bits per heavy atom. The molecule has 0 heterocycles. The number of anilines is 1. The monoisotopic (exact) mass is 301 g/mol. The van der Waals surface area contributed by atoms with Crippen LogP contribution in [0.4, 0.5) is 5.69 Å². The lowest BCUT2D eigenvalue weighted by Gasteiger charge is -2.25. The second kappa shape index (κ2) is 5.22. The first-order chi connectivity index (χ1) is 8.81. The zero-order valence-electron chi connectivity index (χ0n) is 11.0. The van der Waals surface area contributed by atoms with Gasteiger partial charge in [0.1, 0.15) is 0 Å². The average molecular weight is 302 g/mol. The van der Waals surface area contributed by atoms with Gasteiger partial charge in [0.2, 0.25) is 5.91 Å². The number of phenols is 1. The van der Waals surface area contributed by atoms with E-state index in [2.05, 4.69) is 19.2 Å². The summed E-state index contributed by atoms with van der Waals surface area (Å²) in [5, 5.41) is 12.6. The summed E-state index contributed by atoms with van der Waals surface area (Å²) in [6.45, 7) is 4.22. The molecule has 1 aromatic rings. The molecule has 1 saturated carbocycles. The van der Waals surface area contributed by atoms with Crippen LogP contribution in [0.3, 0.4) is 0 Å². The molecule has 0 spiro atoms. The first kappa shape index (κ1) is 14.5. The number of hydrogen-bond acceptors (Lipinski definition) is 2. The minimum atomic E-state index is -0.164. The number of rotatable bonds is 2. The molecular formula is C14H17Cl2NO2. The van der Waals surface area contributed by atoms with Crippen molar-refractivity contribution in [3.63, 3.8) is 0 Å². The number of nitrogens with one attached hydrogen (secondary N) is 1. The highest BCUT2D eigenvalue weighted by Crippen LogP contribution is 2.43. The van der Waals surface area contributed by atoms with Crippen LogP contribution in [0.5, 0.6) is 5.75 Å². The molecule has 1 aromatic carbocycles. The van der Waals surface area contributed by atoms with Gasteiger partial charge in [0, 0.05) is 11.6 Å². The molecule has 0 radical (unpaired) electrons. The lowest BCUT2D eigenvalue weighted by Crippen LogP contribution is -2.30. The van der Waals surface area contributed by atoms with E-state index in [1.54, 1.807) is 0 Å². The van der Waals surface area contributed by atoms with Gasteiger partial charge < -0.3 is 10.4 Å². The maximum Gasteiger partial charge on any atom is 0.228 e. The lowest BCUT2D eigenvalue weighted by atomic mass is 9.81. The van der Waals surface area contributed by atoms with Gasteiger partial charge in [-0.2, -0.15) is 0 Å². The van der Waals surface area contributed by atoms with Crippen molar-refractivity contribution in [3.8, 4) is 5.75 Å². The molecule has 0 saturated heterocycles. The summed E-state index contributed by atoms with van der Waals surface area (Å²) in [6, 6.07) is 3.01. The molecule has 2 rings (SSSR count). The highest BCUT2D eigenvalue weighted by molar-refractivity contribution is 6.37. The molecule has 0 bridgehead atoms. The van der Waals surface area contributed by atoms with Gasteiger partial charge in [-0.25, -0.2) is 0 Å². The number of phenolic OH excluding ortho intramolecular Hbond substituents is 1. The van der Waals surface area contributed by atoms with Crippen molar-refractivity contribution < 1.29 is 9.90 Å². The quantitative estimate of drug-likeness (QED) is 0.792. The summed E-state index contributed by atoms with van der Waals surface area (Å²) < 4.78 is 0. The first-order valence-electron chi connectivity index (χ1n) is 6.30. The lowest BCUT2D eigenvalue weighted by molar-refractivity contribution is -0.122.